The number of hydrogen-bond acceptors (Lipinski definition) is 6. The van der Waals surface area contributed by atoms with Gasteiger partial charge in [-0.15, -0.1) is 0 Å². The Morgan fingerprint density at radius 2 is 1.97 bits per heavy atom. The standard InChI is InChI=1S/C22H27N3O5S/c1-6-31(28,29)14-9-16(17-11-25(5)22(27)20-15(17)7-8-24-20)21(18(10-14)23-4)30-19(12-26)13(2)3/h7-13,19,23-24H,6H2,1-5H3. The molecule has 3 aromatic rings. The number of aromatic nitrogens is 2. The van der Waals surface area contributed by atoms with Gasteiger partial charge >= 0.3 is 0 Å². The summed E-state index contributed by atoms with van der Waals surface area (Å²) in [6, 6.07) is 4.81. The average molecular weight is 446 g/mol. The van der Waals surface area contributed by atoms with Gasteiger partial charge in [0.15, 0.2) is 28.0 Å². The molecule has 3 rings (SSSR count). The Labute approximate surface area is 181 Å². The van der Waals surface area contributed by atoms with Gasteiger partial charge in [-0.3, -0.25) is 9.59 Å². The molecule has 0 bridgehead atoms. The zero-order chi connectivity index (χ0) is 22.9. The predicted octanol–water partition coefficient (Wildman–Crippen LogP) is 2.97. The summed E-state index contributed by atoms with van der Waals surface area (Å²) >= 11 is 0. The van der Waals surface area contributed by atoms with Crippen molar-refractivity contribution in [2.45, 2.75) is 31.8 Å². The molecule has 166 valence electrons. The van der Waals surface area contributed by atoms with Crippen molar-refractivity contribution >= 4 is 32.7 Å². The first kappa shape index (κ1) is 22.6. The Bertz CT molecular complexity index is 1290. The van der Waals surface area contributed by atoms with E-state index in [2.05, 4.69) is 10.3 Å². The first-order valence-electron chi connectivity index (χ1n) is 10.0. The Morgan fingerprint density at radius 1 is 1.26 bits per heavy atom. The molecule has 0 spiro atoms. The molecule has 0 amide bonds. The monoisotopic (exact) mass is 445 g/mol. The summed E-state index contributed by atoms with van der Waals surface area (Å²) in [5, 5.41) is 3.63. The van der Waals surface area contributed by atoms with Gasteiger partial charge in [0.05, 0.1) is 16.3 Å². The molecule has 0 aliphatic rings. The number of pyridine rings is 1. The van der Waals surface area contributed by atoms with Crippen molar-refractivity contribution in [2.24, 2.45) is 13.0 Å². The van der Waals surface area contributed by atoms with Crippen LogP contribution in [-0.2, 0) is 21.7 Å². The number of aldehydes is 1. The molecule has 31 heavy (non-hydrogen) atoms. The average Bonchev–Trinajstić information content (AvgIpc) is 3.24. The Kier molecular flexibility index (Phi) is 6.26. The van der Waals surface area contributed by atoms with Gasteiger partial charge in [-0.05, 0) is 24.1 Å². The van der Waals surface area contributed by atoms with E-state index in [4.69, 9.17) is 4.74 Å². The molecule has 0 aliphatic carbocycles. The van der Waals surface area contributed by atoms with Crippen LogP contribution < -0.4 is 15.6 Å². The van der Waals surface area contributed by atoms with Gasteiger partial charge in [0.2, 0.25) is 0 Å². The maximum absolute atomic E-state index is 12.7. The summed E-state index contributed by atoms with van der Waals surface area (Å²) in [6.45, 7) is 5.31. The molecule has 0 radical (unpaired) electrons. The third-order valence-electron chi connectivity index (χ3n) is 5.30. The maximum Gasteiger partial charge on any atom is 0.274 e. The number of hydrogen-bond donors (Lipinski definition) is 2. The van der Waals surface area contributed by atoms with Gasteiger partial charge in [-0.1, -0.05) is 20.8 Å². The summed E-state index contributed by atoms with van der Waals surface area (Å²) in [7, 11) is -0.243. The number of anilines is 1. The van der Waals surface area contributed by atoms with Gasteiger partial charge in [0.1, 0.15) is 5.52 Å². The number of ether oxygens (including phenoxy) is 1. The minimum Gasteiger partial charge on any atom is -0.480 e. The van der Waals surface area contributed by atoms with Crippen LogP contribution in [-0.4, -0.2) is 43.2 Å². The minimum atomic E-state index is -3.53. The summed E-state index contributed by atoms with van der Waals surface area (Å²) < 4.78 is 32.9. The number of benzene rings is 1. The van der Waals surface area contributed by atoms with Crippen molar-refractivity contribution in [1.29, 1.82) is 0 Å². The van der Waals surface area contributed by atoms with E-state index in [-0.39, 0.29) is 22.1 Å². The van der Waals surface area contributed by atoms with Crippen molar-refractivity contribution in [1.82, 2.24) is 9.55 Å². The Morgan fingerprint density at radius 3 is 2.55 bits per heavy atom. The molecule has 0 saturated carbocycles. The highest BCUT2D eigenvalue weighted by atomic mass is 32.2. The maximum atomic E-state index is 12.7. The van der Waals surface area contributed by atoms with E-state index in [1.165, 1.54) is 10.6 Å². The van der Waals surface area contributed by atoms with Crippen LogP contribution in [0.5, 0.6) is 5.75 Å². The minimum absolute atomic E-state index is 0.0639. The number of aryl methyl sites for hydroxylation is 1. The van der Waals surface area contributed by atoms with Crippen molar-refractivity contribution in [3.8, 4) is 16.9 Å². The zero-order valence-corrected chi connectivity index (χ0v) is 19.0. The molecular formula is C22H27N3O5S. The van der Waals surface area contributed by atoms with Crippen LogP contribution in [0.15, 0.2) is 40.3 Å². The number of aromatic amines is 1. The van der Waals surface area contributed by atoms with E-state index in [0.717, 1.165) is 6.29 Å². The lowest BCUT2D eigenvalue weighted by atomic mass is 10.0. The molecule has 1 aromatic carbocycles. The van der Waals surface area contributed by atoms with Crippen LogP contribution in [0.4, 0.5) is 5.69 Å². The number of rotatable bonds is 8. The molecule has 2 N–H and O–H groups in total. The number of nitrogens with zero attached hydrogens (tertiary/aromatic N) is 1. The molecule has 2 heterocycles. The molecule has 0 fully saturated rings. The van der Waals surface area contributed by atoms with Gasteiger partial charge in [0.25, 0.3) is 5.56 Å². The third-order valence-corrected chi connectivity index (χ3v) is 7.01. The molecule has 8 nitrogen and oxygen atoms in total. The first-order chi connectivity index (χ1) is 14.6. The Hall–Kier alpha value is -3.07. The molecule has 9 heteroatoms. The Balaban J connectivity index is 2.42. The molecule has 1 unspecified atom stereocenters. The lowest BCUT2D eigenvalue weighted by Gasteiger charge is -2.23. The quantitative estimate of drug-likeness (QED) is 0.516. The highest BCUT2D eigenvalue weighted by Crippen LogP contribution is 2.42. The van der Waals surface area contributed by atoms with E-state index >= 15 is 0 Å². The lowest BCUT2D eigenvalue weighted by Crippen LogP contribution is -2.25. The number of nitrogens with one attached hydrogen (secondary N) is 2. The molecule has 0 aliphatic heterocycles. The molecule has 0 saturated heterocycles. The van der Waals surface area contributed by atoms with E-state index in [1.54, 1.807) is 45.5 Å². The number of sulfone groups is 1. The largest absolute Gasteiger partial charge is 0.480 e. The van der Waals surface area contributed by atoms with E-state index < -0.39 is 15.9 Å². The molecule has 1 atom stereocenters. The number of carbonyl (C=O) groups is 1. The molecular weight excluding hydrogens is 418 g/mol. The van der Waals surface area contributed by atoms with Crippen molar-refractivity contribution in [2.75, 3.05) is 18.1 Å². The van der Waals surface area contributed by atoms with E-state index in [0.29, 0.717) is 33.5 Å². The van der Waals surface area contributed by atoms with Gasteiger partial charge < -0.3 is 19.6 Å². The van der Waals surface area contributed by atoms with Gasteiger partial charge in [-0.25, -0.2) is 8.42 Å². The summed E-state index contributed by atoms with van der Waals surface area (Å²) in [5.74, 6) is 0.192. The van der Waals surface area contributed by atoms with Crippen LogP contribution in [0.1, 0.15) is 20.8 Å². The second kappa shape index (κ2) is 8.58. The topological polar surface area (TPSA) is 110 Å². The van der Waals surface area contributed by atoms with Crippen LogP contribution in [0.25, 0.3) is 22.0 Å². The number of carbonyl (C=O) groups excluding carboxylic acids is 1. The SMILES string of the molecule is CCS(=O)(=O)c1cc(NC)c(OC(C=O)C(C)C)c(-c2cn(C)c(=O)c3[nH]ccc23)c1. The predicted molar refractivity (Wildman–Crippen MR) is 122 cm³/mol. The number of H-pyrrole nitrogens is 1. The van der Waals surface area contributed by atoms with Crippen LogP contribution in [0.3, 0.4) is 0 Å². The van der Waals surface area contributed by atoms with Crippen molar-refractivity contribution in [3.05, 3.63) is 40.9 Å². The summed E-state index contributed by atoms with van der Waals surface area (Å²) in [5.41, 5.74) is 1.73. The van der Waals surface area contributed by atoms with Crippen LogP contribution in [0, 0.1) is 5.92 Å². The summed E-state index contributed by atoms with van der Waals surface area (Å²) in [6.07, 6.45) is 3.31. The first-order valence-corrected chi connectivity index (χ1v) is 11.7. The second-order valence-electron chi connectivity index (χ2n) is 7.69. The van der Waals surface area contributed by atoms with E-state index in [1.807, 2.05) is 13.8 Å². The third kappa shape index (κ3) is 4.10. The zero-order valence-electron chi connectivity index (χ0n) is 18.2. The second-order valence-corrected chi connectivity index (χ2v) is 9.97. The van der Waals surface area contributed by atoms with Crippen LogP contribution in [0.2, 0.25) is 0 Å². The highest BCUT2D eigenvalue weighted by Gasteiger charge is 2.25. The normalized spacial score (nSPS) is 12.8. The number of fused-ring (bicyclic) bond motifs is 1. The fraction of sp³-hybridized carbons (Fsp3) is 0.364. The van der Waals surface area contributed by atoms with Crippen LogP contribution >= 0.6 is 0 Å². The fourth-order valence-electron chi connectivity index (χ4n) is 3.40. The fourth-order valence-corrected chi connectivity index (χ4v) is 4.33. The van der Waals surface area contributed by atoms with Gasteiger partial charge in [0, 0.05) is 43.0 Å². The molecule has 2 aromatic heterocycles. The van der Waals surface area contributed by atoms with Crippen molar-refractivity contribution < 1.29 is 17.9 Å². The highest BCUT2D eigenvalue weighted by molar-refractivity contribution is 7.91. The lowest BCUT2D eigenvalue weighted by molar-refractivity contribution is -0.115. The summed E-state index contributed by atoms with van der Waals surface area (Å²) in [4.78, 5) is 27.2. The van der Waals surface area contributed by atoms with Gasteiger partial charge in [-0.2, -0.15) is 0 Å². The van der Waals surface area contributed by atoms with E-state index in [9.17, 15) is 18.0 Å². The smallest absolute Gasteiger partial charge is 0.274 e. The van der Waals surface area contributed by atoms with Crippen molar-refractivity contribution in [3.63, 3.8) is 0 Å².